The molecule has 3 nitrogen and oxygen atoms in total. The van der Waals surface area contributed by atoms with E-state index in [4.69, 9.17) is 0 Å². The zero-order valence-electron chi connectivity index (χ0n) is 12.2. The van der Waals surface area contributed by atoms with Gasteiger partial charge in [-0.05, 0) is 47.5 Å². The highest BCUT2D eigenvalue weighted by atomic mass is 79.9. The van der Waals surface area contributed by atoms with Gasteiger partial charge < -0.3 is 5.11 Å². The van der Waals surface area contributed by atoms with Gasteiger partial charge in [-0.3, -0.25) is 4.68 Å². The molecule has 0 radical (unpaired) electrons. The molecule has 1 N–H and O–H groups in total. The van der Waals surface area contributed by atoms with Crippen LogP contribution in [0.3, 0.4) is 0 Å². The molecule has 4 heteroatoms. The third-order valence-corrected chi connectivity index (χ3v) is 5.36. The van der Waals surface area contributed by atoms with Crippen LogP contribution in [-0.4, -0.2) is 20.5 Å². The Morgan fingerprint density at radius 2 is 2.16 bits per heavy atom. The molecular formula is C15H25BrN2O. The van der Waals surface area contributed by atoms with Crippen molar-refractivity contribution in [1.29, 1.82) is 0 Å². The molecule has 0 aromatic carbocycles. The molecule has 1 fully saturated rings. The maximum absolute atomic E-state index is 10.9. The van der Waals surface area contributed by atoms with Crippen molar-refractivity contribution in [2.24, 2.45) is 13.0 Å². The molecule has 0 amide bonds. The van der Waals surface area contributed by atoms with Gasteiger partial charge in [-0.2, -0.15) is 5.10 Å². The van der Waals surface area contributed by atoms with E-state index in [1.165, 1.54) is 6.42 Å². The molecule has 0 spiro atoms. The van der Waals surface area contributed by atoms with E-state index in [1.54, 1.807) is 0 Å². The molecule has 1 aromatic rings. The summed E-state index contributed by atoms with van der Waals surface area (Å²) in [6, 6.07) is 0. The van der Waals surface area contributed by atoms with E-state index in [-0.39, 0.29) is 0 Å². The lowest BCUT2D eigenvalue weighted by Crippen LogP contribution is -2.31. The summed E-state index contributed by atoms with van der Waals surface area (Å²) >= 11 is 3.65. The van der Waals surface area contributed by atoms with Gasteiger partial charge in [0.05, 0.1) is 21.5 Å². The fourth-order valence-electron chi connectivity index (χ4n) is 3.06. The van der Waals surface area contributed by atoms with Crippen LogP contribution >= 0.6 is 15.9 Å². The molecule has 0 bridgehead atoms. The van der Waals surface area contributed by atoms with Gasteiger partial charge >= 0.3 is 0 Å². The second-order valence-corrected chi connectivity index (χ2v) is 6.91. The number of aryl methyl sites for hydroxylation is 2. The number of rotatable bonds is 3. The van der Waals surface area contributed by atoms with Crippen molar-refractivity contribution < 1.29 is 5.11 Å². The van der Waals surface area contributed by atoms with Crippen molar-refractivity contribution >= 4 is 15.9 Å². The van der Waals surface area contributed by atoms with Gasteiger partial charge in [-0.1, -0.05) is 26.7 Å². The van der Waals surface area contributed by atoms with Crippen molar-refractivity contribution in [3.8, 4) is 0 Å². The lowest BCUT2D eigenvalue weighted by Gasteiger charge is -2.27. The lowest BCUT2D eigenvalue weighted by molar-refractivity contribution is 0.0225. The van der Waals surface area contributed by atoms with Crippen LogP contribution in [0.15, 0.2) is 4.47 Å². The summed E-state index contributed by atoms with van der Waals surface area (Å²) in [5.41, 5.74) is 1.67. The van der Waals surface area contributed by atoms with Crippen LogP contribution < -0.4 is 0 Å². The quantitative estimate of drug-likeness (QED) is 0.860. The van der Waals surface area contributed by atoms with Gasteiger partial charge in [0.25, 0.3) is 0 Å². The van der Waals surface area contributed by atoms with E-state index in [1.807, 2.05) is 11.7 Å². The van der Waals surface area contributed by atoms with Gasteiger partial charge in [0.1, 0.15) is 0 Å². The summed E-state index contributed by atoms with van der Waals surface area (Å²) in [7, 11) is 1.97. The van der Waals surface area contributed by atoms with Gasteiger partial charge in [0, 0.05) is 13.5 Å². The molecule has 2 rings (SSSR count). The topological polar surface area (TPSA) is 38.0 Å². The van der Waals surface area contributed by atoms with Crippen LogP contribution in [-0.2, 0) is 19.9 Å². The van der Waals surface area contributed by atoms with E-state index >= 15 is 0 Å². The summed E-state index contributed by atoms with van der Waals surface area (Å²) in [6.07, 6.45) is 6.97. The van der Waals surface area contributed by atoms with Gasteiger partial charge in [-0.15, -0.1) is 0 Å². The monoisotopic (exact) mass is 328 g/mol. The van der Waals surface area contributed by atoms with Gasteiger partial charge in [0.15, 0.2) is 0 Å². The van der Waals surface area contributed by atoms with E-state index in [2.05, 4.69) is 34.9 Å². The largest absolute Gasteiger partial charge is 0.389 e. The molecule has 0 aliphatic heterocycles. The Bertz CT molecular complexity index is 444. The molecule has 1 heterocycles. The maximum atomic E-state index is 10.9. The summed E-state index contributed by atoms with van der Waals surface area (Å²) in [4.78, 5) is 0. The first-order valence-corrected chi connectivity index (χ1v) is 8.17. The van der Waals surface area contributed by atoms with Crippen LogP contribution in [0.1, 0.15) is 57.3 Å². The minimum Gasteiger partial charge on any atom is -0.389 e. The second-order valence-electron chi connectivity index (χ2n) is 6.12. The van der Waals surface area contributed by atoms with Crippen molar-refractivity contribution in [2.45, 2.75) is 64.4 Å². The highest BCUT2D eigenvalue weighted by molar-refractivity contribution is 9.10. The molecule has 1 aromatic heterocycles. The Hall–Kier alpha value is -0.350. The number of hydrogen-bond donors (Lipinski definition) is 1. The molecular weight excluding hydrogens is 304 g/mol. The third-order valence-electron chi connectivity index (χ3n) is 4.44. The molecule has 108 valence electrons. The second kappa shape index (κ2) is 5.96. The average Bonchev–Trinajstić information content (AvgIpc) is 2.53. The fourth-order valence-corrected chi connectivity index (χ4v) is 3.82. The Morgan fingerprint density at radius 1 is 1.42 bits per heavy atom. The minimum absolute atomic E-state index is 0.550. The number of nitrogens with zero attached hydrogens (tertiary/aromatic N) is 2. The van der Waals surface area contributed by atoms with E-state index in [9.17, 15) is 5.11 Å². The first kappa shape index (κ1) is 15.0. The zero-order chi connectivity index (χ0) is 14.0. The normalized spacial score (nSPS) is 28.4. The minimum atomic E-state index is -0.550. The first-order valence-electron chi connectivity index (χ1n) is 7.38. The standard InChI is InChI=1S/C15H25BrN2O/c1-4-12-14(16)13(18(3)17-12)10-15(19)8-5-6-11(2)7-9-15/h11,19H,4-10H2,1-3H3. The van der Waals surface area contributed by atoms with Crippen LogP contribution in [0.2, 0.25) is 0 Å². The Morgan fingerprint density at radius 3 is 2.79 bits per heavy atom. The molecule has 1 saturated carbocycles. The molecule has 0 saturated heterocycles. The summed E-state index contributed by atoms with van der Waals surface area (Å²) in [6.45, 7) is 4.40. The van der Waals surface area contributed by atoms with E-state index in [0.29, 0.717) is 6.42 Å². The molecule has 2 atom stereocenters. The zero-order valence-corrected chi connectivity index (χ0v) is 13.8. The number of halogens is 1. The third kappa shape index (κ3) is 3.40. The Kier molecular flexibility index (Phi) is 4.72. The highest BCUT2D eigenvalue weighted by Crippen LogP contribution is 2.34. The van der Waals surface area contributed by atoms with Gasteiger partial charge in [-0.25, -0.2) is 0 Å². The molecule has 19 heavy (non-hydrogen) atoms. The fraction of sp³-hybridized carbons (Fsp3) is 0.800. The summed E-state index contributed by atoms with van der Waals surface area (Å²) in [5, 5.41) is 15.4. The number of aliphatic hydroxyl groups is 1. The first-order chi connectivity index (χ1) is 8.95. The van der Waals surface area contributed by atoms with Crippen LogP contribution in [0, 0.1) is 5.92 Å². The highest BCUT2D eigenvalue weighted by Gasteiger charge is 2.32. The van der Waals surface area contributed by atoms with Gasteiger partial charge in [0.2, 0.25) is 0 Å². The van der Waals surface area contributed by atoms with Crippen LogP contribution in [0.5, 0.6) is 0 Å². The van der Waals surface area contributed by atoms with Crippen LogP contribution in [0.25, 0.3) is 0 Å². The van der Waals surface area contributed by atoms with Crippen molar-refractivity contribution in [3.63, 3.8) is 0 Å². The predicted molar refractivity (Wildman–Crippen MR) is 81.2 cm³/mol. The van der Waals surface area contributed by atoms with Crippen molar-refractivity contribution in [3.05, 3.63) is 15.9 Å². The molecule has 1 aliphatic carbocycles. The SMILES string of the molecule is CCc1nn(C)c(CC2(O)CCCC(C)CC2)c1Br. The molecule has 2 unspecified atom stereocenters. The Balaban J connectivity index is 2.17. The van der Waals surface area contributed by atoms with Crippen molar-refractivity contribution in [2.75, 3.05) is 0 Å². The number of aromatic nitrogens is 2. The lowest BCUT2D eigenvalue weighted by atomic mass is 9.89. The maximum Gasteiger partial charge on any atom is 0.0766 e. The predicted octanol–water partition coefficient (Wildman–Crippen LogP) is 3.62. The Labute approximate surface area is 124 Å². The number of hydrogen-bond acceptors (Lipinski definition) is 2. The molecule has 1 aliphatic rings. The summed E-state index contributed by atoms with van der Waals surface area (Å²) in [5.74, 6) is 0.746. The smallest absolute Gasteiger partial charge is 0.0766 e. The summed E-state index contributed by atoms with van der Waals surface area (Å²) < 4.78 is 3.01. The van der Waals surface area contributed by atoms with Crippen molar-refractivity contribution in [1.82, 2.24) is 9.78 Å². The van der Waals surface area contributed by atoms with E-state index < -0.39 is 5.60 Å². The van der Waals surface area contributed by atoms with Crippen LogP contribution in [0.4, 0.5) is 0 Å². The van der Waals surface area contributed by atoms with E-state index in [0.717, 1.165) is 53.9 Å². The average molecular weight is 329 g/mol.